The molecule has 2 unspecified atom stereocenters. The van der Waals surface area contributed by atoms with Crippen LogP contribution in [0.2, 0.25) is 0 Å². The number of fused-ring (bicyclic) bond motifs is 1. The highest BCUT2D eigenvalue weighted by Gasteiger charge is 2.26. The van der Waals surface area contributed by atoms with Gasteiger partial charge in [-0.1, -0.05) is 51.8 Å². The first kappa shape index (κ1) is 14.4. The molecule has 1 aromatic carbocycles. The first-order chi connectivity index (χ1) is 9.18. The molecule has 2 rings (SSSR count). The molecule has 19 heavy (non-hydrogen) atoms. The van der Waals surface area contributed by atoms with E-state index < -0.39 is 0 Å². The second kappa shape index (κ2) is 6.95. The van der Waals surface area contributed by atoms with Crippen molar-refractivity contribution in [3.63, 3.8) is 0 Å². The highest BCUT2D eigenvalue weighted by atomic mass is 16.5. The van der Waals surface area contributed by atoms with Gasteiger partial charge in [0.15, 0.2) is 0 Å². The lowest BCUT2D eigenvalue weighted by Crippen LogP contribution is -2.34. The Bertz CT molecular complexity index is 389. The van der Waals surface area contributed by atoms with E-state index in [2.05, 4.69) is 50.4 Å². The molecule has 2 nitrogen and oxygen atoms in total. The van der Waals surface area contributed by atoms with E-state index in [0.29, 0.717) is 12.0 Å². The number of hydrogen-bond donors (Lipinski definition) is 1. The molecule has 2 heteroatoms. The van der Waals surface area contributed by atoms with E-state index in [0.717, 1.165) is 24.8 Å². The zero-order valence-corrected chi connectivity index (χ0v) is 12.5. The van der Waals surface area contributed by atoms with Gasteiger partial charge in [-0.05, 0) is 24.9 Å². The minimum Gasteiger partial charge on any atom is -0.493 e. The van der Waals surface area contributed by atoms with Crippen molar-refractivity contribution in [2.24, 2.45) is 11.8 Å². The quantitative estimate of drug-likeness (QED) is 0.776. The van der Waals surface area contributed by atoms with Gasteiger partial charge in [0.1, 0.15) is 5.75 Å². The molecule has 0 aromatic heterocycles. The molecule has 0 bridgehead atoms. The summed E-state index contributed by atoms with van der Waals surface area (Å²) in [6.07, 6.45) is 3.93. The molecule has 0 aliphatic carbocycles. The summed E-state index contributed by atoms with van der Waals surface area (Å²) in [6, 6.07) is 8.87. The van der Waals surface area contributed by atoms with Crippen LogP contribution in [0.15, 0.2) is 24.3 Å². The second-order valence-electron chi connectivity index (χ2n) is 6.15. The lowest BCUT2D eigenvalue weighted by molar-refractivity contribution is 0.188. The van der Waals surface area contributed by atoms with Crippen LogP contribution in [0.3, 0.4) is 0 Å². The molecule has 1 heterocycles. The molecule has 1 aliphatic rings. The Kier molecular flexibility index (Phi) is 5.26. The van der Waals surface area contributed by atoms with Crippen LogP contribution >= 0.6 is 0 Å². The third kappa shape index (κ3) is 3.97. The van der Waals surface area contributed by atoms with E-state index in [4.69, 9.17) is 4.74 Å². The Hall–Kier alpha value is -1.02. The molecule has 0 amide bonds. The largest absolute Gasteiger partial charge is 0.493 e. The Morgan fingerprint density at radius 1 is 1.26 bits per heavy atom. The van der Waals surface area contributed by atoms with Gasteiger partial charge >= 0.3 is 0 Å². The van der Waals surface area contributed by atoms with Crippen LogP contribution < -0.4 is 10.1 Å². The summed E-state index contributed by atoms with van der Waals surface area (Å²) < 4.78 is 5.78. The van der Waals surface area contributed by atoms with Crippen molar-refractivity contribution in [2.75, 3.05) is 13.2 Å². The van der Waals surface area contributed by atoms with Gasteiger partial charge in [-0.2, -0.15) is 0 Å². The third-order valence-electron chi connectivity index (χ3n) is 3.90. The predicted molar refractivity (Wildman–Crippen MR) is 80.5 cm³/mol. The maximum absolute atomic E-state index is 5.78. The molecule has 0 saturated heterocycles. The summed E-state index contributed by atoms with van der Waals surface area (Å²) in [7, 11) is 0. The van der Waals surface area contributed by atoms with Crippen molar-refractivity contribution >= 4 is 0 Å². The first-order valence-corrected chi connectivity index (χ1v) is 7.63. The van der Waals surface area contributed by atoms with E-state index in [1.54, 1.807) is 0 Å². The topological polar surface area (TPSA) is 21.3 Å². The SMILES string of the molecule is CC(C)CCCCNC1c2ccccc2OCC1C. The lowest BCUT2D eigenvalue weighted by atomic mass is 9.92. The molecule has 0 spiro atoms. The van der Waals surface area contributed by atoms with Crippen LogP contribution in [0.4, 0.5) is 0 Å². The highest BCUT2D eigenvalue weighted by molar-refractivity contribution is 5.37. The van der Waals surface area contributed by atoms with Gasteiger partial charge in [-0.15, -0.1) is 0 Å². The average Bonchev–Trinajstić information content (AvgIpc) is 2.40. The number of ether oxygens (including phenoxy) is 1. The first-order valence-electron chi connectivity index (χ1n) is 7.63. The van der Waals surface area contributed by atoms with Crippen molar-refractivity contribution in [1.82, 2.24) is 5.32 Å². The Labute approximate surface area is 117 Å². The minimum atomic E-state index is 0.448. The third-order valence-corrected chi connectivity index (χ3v) is 3.90. The number of benzene rings is 1. The van der Waals surface area contributed by atoms with Gasteiger partial charge in [-0.3, -0.25) is 0 Å². The van der Waals surface area contributed by atoms with Crippen LogP contribution in [0.5, 0.6) is 5.75 Å². The monoisotopic (exact) mass is 261 g/mol. The standard InChI is InChI=1S/C17H27NO/c1-13(2)8-6-7-11-18-17-14(3)12-19-16-10-5-4-9-15(16)17/h4-5,9-10,13-14,17-18H,6-8,11-12H2,1-3H3. The minimum absolute atomic E-state index is 0.448. The van der Waals surface area contributed by atoms with Gasteiger partial charge in [-0.25, -0.2) is 0 Å². The van der Waals surface area contributed by atoms with Gasteiger partial charge in [0.05, 0.1) is 6.61 Å². The lowest BCUT2D eigenvalue weighted by Gasteiger charge is -2.32. The van der Waals surface area contributed by atoms with E-state index in [1.807, 2.05) is 0 Å². The fourth-order valence-electron chi connectivity index (χ4n) is 2.74. The number of para-hydroxylation sites is 1. The summed E-state index contributed by atoms with van der Waals surface area (Å²) in [5, 5.41) is 3.72. The zero-order valence-electron chi connectivity index (χ0n) is 12.5. The summed E-state index contributed by atoms with van der Waals surface area (Å²) in [4.78, 5) is 0. The van der Waals surface area contributed by atoms with Crippen LogP contribution in [-0.4, -0.2) is 13.2 Å². The number of nitrogens with one attached hydrogen (secondary N) is 1. The van der Waals surface area contributed by atoms with Gasteiger partial charge < -0.3 is 10.1 Å². The molecule has 2 atom stereocenters. The molecule has 1 aromatic rings. The molecular formula is C17H27NO. The fourth-order valence-corrected chi connectivity index (χ4v) is 2.74. The molecule has 0 fully saturated rings. The van der Waals surface area contributed by atoms with E-state index in [1.165, 1.54) is 24.8 Å². The van der Waals surface area contributed by atoms with Gasteiger partial charge in [0.25, 0.3) is 0 Å². The van der Waals surface area contributed by atoms with Crippen LogP contribution in [0.25, 0.3) is 0 Å². The summed E-state index contributed by atoms with van der Waals surface area (Å²) in [6.45, 7) is 8.78. The average molecular weight is 261 g/mol. The van der Waals surface area contributed by atoms with Gasteiger partial charge in [0, 0.05) is 17.5 Å². The maximum Gasteiger partial charge on any atom is 0.124 e. The van der Waals surface area contributed by atoms with Crippen molar-refractivity contribution in [2.45, 2.75) is 46.1 Å². The summed E-state index contributed by atoms with van der Waals surface area (Å²) in [5.74, 6) is 2.42. The van der Waals surface area contributed by atoms with Crippen molar-refractivity contribution < 1.29 is 4.74 Å². The molecule has 0 saturated carbocycles. The second-order valence-corrected chi connectivity index (χ2v) is 6.15. The summed E-state index contributed by atoms with van der Waals surface area (Å²) in [5.41, 5.74) is 1.32. The molecule has 0 radical (unpaired) electrons. The maximum atomic E-state index is 5.78. The highest BCUT2D eigenvalue weighted by Crippen LogP contribution is 2.34. The smallest absolute Gasteiger partial charge is 0.124 e. The normalized spacial score (nSPS) is 22.1. The van der Waals surface area contributed by atoms with Crippen LogP contribution in [0.1, 0.15) is 51.6 Å². The van der Waals surface area contributed by atoms with Crippen LogP contribution in [0, 0.1) is 11.8 Å². The molecule has 1 aliphatic heterocycles. The Balaban J connectivity index is 1.85. The Morgan fingerprint density at radius 3 is 2.84 bits per heavy atom. The molecule has 1 N–H and O–H groups in total. The molecular weight excluding hydrogens is 234 g/mol. The van der Waals surface area contributed by atoms with E-state index >= 15 is 0 Å². The van der Waals surface area contributed by atoms with Crippen molar-refractivity contribution in [3.8, 4) is 5.75 Å². The van der Waals surface area contributed by atoms with E-state index in [9.17, 15) is 0 Å². The van der Waals surface area contributed by atoms with E-state index in [-0.39, 0.29) is 0 Å². The Morgan fingerprint density at radius 2 is 2.05 bits per heavy atom. The summed E-state index contributed by atoms with van der Waals surface area (Å²) >= 11 is 0. The van der Waals surface area contributed by atoms with Crippen molar-refractivity contribution in [3.05, 3.63) is 29.8 Å². The van der Waals surface area contributed by atoms with Crippen molar-refractivity contribution in [1.29, 1.82) is 0 Å². The molecule has 106 valence electrons. The number of rotatable bonds is 6. The number of hydrogen-bond acceptors (Lipinski definition) is 2. The zero-order chi connectivity index (χ0) is 13.7. The van der Waals surface area contributed by atoms with Crippen LogP contribution in [-0.2, 0) is 0 Å². The van der Waals surface area contributed by atoms with Gasteiger partial charge in [0.2, 0.25) is 0 Å². The fraction of sp³-hybridized carbons (Fsp3) is 0.647. The number of unbranched alkanes of at least 4 members (excludes halogenated alkanes) is 1. The predicted octanol–water partition coefficient (Wildman–Crippen LogP) is 4.17.